The van der Waals surface area contributed by atoms with Crippen LogP contribution in [0.15, 0.2) is 23.4 Å². The predicted octanol–water partition coefficient (Wildman–Crippen LogP) is 4.04. The van der Waals surface area contributed by atoms with Gasteiger partial charge >= 0.3 is 0 Å². The van der Waals surface area contributed by atoms with E-state index in [1.54, 1.807) is 11.3 Å². The van der Waals surface area contributed by atoms with Crippen molar-refractivity contribution in [3.63, 3.8) is 0 Å². The minimum atomic E-state index is 0.205. The number of halogens is 1. The Balaban J connectivity index is 2.09. The van der Waals surface area contributed by atoms with Gasteiger partial charge in [0.05, 0.1) is 10.9 Å². The van der Waals surface area contributed by atoms with Gasteiger partial charge in [0.2, 0.25) is 0 Å². The number of allylic oxidation sites excluding steroid dienone is 2. The van der Waals surface area contributed by atoms with E-state index in [0.717, 1.165) is 19.3 Å². The van der Waals surface area contributed by atoms with E-state index < -0.39 is 0 Å². The summed E-state index contributed by atoms with van der Waals surface area (Å²) >= 11 is 7.97. The number of rotatable bonds is 2. The zero-order valence-corrected chi connectivity index (χ0v) is 10.7. The zero-order chi connectivity index (χ0) is 10.9. The molecule has 1 aromatic heterocycles. The van der Waals surface area contributed by atoms with Crippen molar-refractivity contribution < 1.29 is 0 Å². The van der Waals surface area contributed by atoms with Crippen molar-refractivity contribution in [2.75, 3.05) is 0 Å². The molecule has 0 bridgehead atoms. The van der Waals surface area contributed by atoms with Crippen LogP contribution in [0, 0.1) is 5.41 Å². The van der Waals surface area contributed by atoms with Crippen LogP contribution in [-0.2, 0) is 6.42 Å². The fraction of sp³-hybridized carbons (Fsp3) is 0.583. The third kappa shape index (κ3) is 3.05. The lowest BCUT2D eigenvalue weighted by Gasteiger charge is -2.32. The van der Waals surface area contributed by atoms with Gasteiger partial charge in [-0.15, -0.1) is 22.9 Å². The molecule has 3 heteroatoms. The lowest BCUT2D eigenvalue weighted by Crippen LogP contribution is -2.22. The van der Waals surface area contributed by atoms with Gasteiger partial charge in [0, 0.05) is 17.5 Å². The maximum Gasteiger partial charge on any atom is 0.0794 e. The highest BCUT2D eigenvalue weighted by molar-refractivity contribution is 7.09. The normalized spacial score (nSPS) is 25.0. The first-order valence-corrected chi connectivity index (χ1v) is 6.58. The highest BCUT2D eigenvalue weighted by Crippen LogP contribution is 2.38. The van der Waals surface area contributed by atoms with Crippen molar-refractivity contribution in [2.45, 2.75) is 38.5 Å². The summed E-state index contributed by atoms with van der Waals surface area (Å²) < 4.78 is 0. The monoisotopic (exact) mass is 241 g/mol. The summed E-state index contributed by atoms with van der Waals surface area (Å²) in [6, 6.07) is 0. The molecule has 0 aromatic carbocycles. The lowest BCUT2D eigenvalue weighted by atomic mass is 9.76. The Kier molecular flexibility index (Phi) is 3.17. The fourth-order valence-corrected chi connectivity index (χ4v) is 3.51. The van der Waals surface area contributed by atoms with Gasteiger partial charge < -0.3 is 0 Å². The van der Waals surface area contributed by atoms with Gasteiger partial charge in [-0.1, -0.05) is 25.5 Å². The van der Waals surface area contributed by atoms with Crippen LogP contribution in [0.2, 0.25) is 0 Å². The van der Waals surface area contributed by atoms with Crippen LogP contribution in [0.3, 0.4) is 0 Å². The molecule has 1 aliphatic carbocycles. The van der Waals surface area contributed by atoms with Gasteiger partial charge in [0.15, 0.2) is 0 Å². The Morgan fingerprint density at radius 2 is 2.40 bits per heavy atom. The maximum absolute atomic E-state index is 6.25. The van der Waals surface area contributed by atoms with Crippen LogP contribution in [0.1, 0.15) is 31.6 Å². The van der Waals surface area contributed by atoms with Gasteiger partial charge in [-0.05, 0) is 18.3 Å². The SMILES string of the molecule is CC1(C)CC(Cc2cncs2)=CC(Cl)C1. The summed E-state index contributed by atoms with van der Waals surface area (Å²) in [4.78, 5) is 5.44. The van der Waals surface area contributed by atoms with E-state index in [1.807, 2.05) is 11.7 Å². The average molecular weight is 242 g/mol. The second kappa shape index (κ2) is 4.26. The van der Waals surface area contributed by atoms with Gasteiger partial charge in [-0.25, -0.2) is 0 Å². The number of alkyl halides is 1. The summed E-state index contributed by atoms with van der Waals surface area (Å²) in [5, 5.41) is 0.205. The van der Waals surface area contributed by atoms with Gasteiger partial charge in [-0.2, -0.15) is 0 Å². The summed E-state index contributed by atoms with van der Waals surface area (Å²) in [6.07, 6.45) is 7.45. The summed E-state index contributed by atoms with van der Waals surface area (Å²) in [7, 11) is 0. The molecule has 1 nitrogen and oxygen atoms in total. The van der Waals surface area contributed by atoms with E-state index in [1.165, 1.54) is 10.5 Å². The molecule has 0 saturated carbocycles. The Morgan fingerprint density at radius 3 is 3.00 bits per heavy atom. The molecule has 82 valence electrons. The van der Waals surface area contributed by atoms with E-state index in [0.29, 0.717) is 5.41 Å². The van der Waals surface area contributed by atoms with Crippen LogP contribution in [0.25, 0.3) is 0 Å². The average Bonchev–Trinajstić information content (AvgIpc) is 2.52. The smallest absolute Gasteiger partial charge is 0.0794 e. The molecule has 1 aromatic rings. The molecule has 0 radical (unpaired) electrons. The minimum absolute atomic E-state index is 0.205. The molecule has 0 saturated heterocycles. The first-order chi connectivity index (χ1) is 7.05. The molecular weight excluding hydrogens is 226 g/mol. The van der Waals surface area contributed by atoms with Gasteiger partial charge in [0.25, 0.3) is 0 Å². The highest BCUT2D eigenvalue weighted by atomic mass is 35.5. The van der Waals surface area contributed by atoms with Crippen LogP contribution in [0.4, 0.5) is 0 Å². The molecule has 1 aliphatic rings. The van der Waals surface area contributed by atoms with E-state index in [2.05, 4.69) is 24.9 Å². The number of hydrogen-bond acceptors (Lipinski definition) is 2. The Hall–Kier alpha value is -0.340. The minimum Gasteiger partial charge on any atom is -0.253 e. The summed E-state index contributed by atoms with van der Waals surface area (Å²) in [5.74, 6) is 0. The highest BCUT2D eigenvalue weighted by Gasteiger charge is 2.27. The Bertz CT molecular complexity index is 354. The Morgan fingerprint density at radius 1 is 1.60 bits per heavy atom. The van der Waals surface area contributed by atoms with E-state index >= 15 is 0 Å². The molecule has 0 spiro atoms. The zero-order valence-electron chi connectivity index (χ0n) is 9.16. The fourth-order valence-electron chi connectivity index (χ4n) is 2.26. The summed E-state index contributed by atoms with van der Waals surface area (Å²) in [5.41, 5.74) is 3.71. The molecule has 1 heterocycles. The van der Waals surface area contributed by atoms with Gasteiger partial charge in [-0.3, -0.25) is 4.98 Å². The van der Waals surface area contributed by atoms with Crippen molar-refractivity contribution in [1.29, 1.82) is 0 Å². The standard InChI is InChI=1S/C12H16ClNS/c1-12(2)5-9(3-10(13)6-12)4-11-7-14-8-15-11/h3,7-8,10H,4-6H2,1-2H3. The lowest BCUT2D eigenvalue weighted by molar-refractivity contribution is 0.320. The van der Waals surface area contributed by atoms with Crippen molar-refractivity contribution in [3.8, 4) is 0 Å². The third-order valence-corrected chi connectivity index (χ3v) is 3.81. The maximum atomic E-state index is 6.25. The van der Waals surface area contributed by atoms with Crippen LogP contribution >= 0.6 is 22.9 Å². The largest absolute Gasteiger partial charge is 0.253 e. The van der Waals surface area contributed by atoms with Crippen LogP contribution in [0.5, 0.6) is 0 Å². The molecule has 15 heavy (non-hydrogen) atoms. The van der Waals surface area contributed by atoms with Crippen molar-refractivity contribution in [1.82, 2.24) is 4.98 Å². The molecular formula is C12H16ClNS. The van der Waals surface area contributed by atoms with E-state index in [4.69, 9.17) is 11.6 Å². The summed E-state index contributed by atoms with van der Waals surface area (Å²) in [6.45, 7) is 4.59. The first kappa shape index (κ1) is 11.2. The molecule has 1 atom stereocenters. The van der Waals surface area contributed by atoms with E-state index in [9.17, 15) is 0 Å². The number of aromatic nitrogens is 1. The number of hydrogen-bond donors (Lipinski definition) is 0. The molecule has 1 unspecified atom stereocenters. The second-order valence-corrected chi connectivity index (χ2v) is 6.56. The third-order valence-electron chi connectivity index (χ3n) is 2.75. The second-order valence-electron chi connectivity index (χ2n) is 5.03. The van der Waals surface area contributed by atoms with Crippen molar-refractivity contribution in [2.24, 2.45) is 5.41 Å². The van der Waals surface area contributed by atoms with E-state index in [-0.39, 0.29) is 5.38 Å². The van der Waals surface area contributed by atoms with Crippen molar-refractivity contribution >= 4 is 22.9 Å². The topological polar surface area (TPSA) is 12.9 Å². The van der Waals surface area contributed by atoms with Gasteiger partial charge in [0.1, 0.15) is 0 Å². The van der Waals surface area contributed by atoms with Crippen molar-refractivity contribution in [3.05, 3.63) is 28.2 Å². The molecule has 0 N–H and O–H groups in total. The molecule has 0 fully saturated rings. The molecule has 0 aliphatic heterocycles. The predicted molar refractivity (Wildman–Crippen MR) is 66.6 cm³/mol. The van der Waals surface area contributed by atoms with Crippen LogP contribution < -0.4 is 0 Å². The molecule has 2 rings (SSSR count). The first-order valence-electron chi connectivity index (χ1n) is 5.26. The quantitative estimate of drug-likeness (QED) is 0.563. The van der Waals surface area contributed by atoms with Crippen LogP contribution in [-0.4, -0.2) is 10.4 Å². The number of thiazole rings is 1. The Labute approximate surface area is 100 Å². The number of nitrogens with zero attached hydrogens (tertiary/aromatic N) is 1. The molecule has 0 amide bonds.